The van der Waals surface area contributed by atoms with Gasteiger partial charge in [-0.05, 0) is 64.8 Å². The first-order chi connectivity index (χ1) is 10.3. The third kappa shape index (κ3) is 1.83. The van der Waals surface area contributed by atoms with Crippen LogP contribution in [0.5, 0.6) is 0 Å². The van der Waals surface area contributed by atoms with E-state index in [1.807, 2.05) is 0 Å². The zero-order chi connectivity index (χ0) is 14.4. The van der Waals surface area contributed by atoms with Gasteiger partial charge >= 0.3 is 0 Å². The van der Waals surface area contributed by atoms with Crippen molar-refractivity contribution in [3.63, 3.8) is 0 Å². The highest BCUT2D eigenvalue weighted by molar-refractivity contribution is 5.87. The van der Waals surface area contributed by atoms with Crippen LogP contribution in [-0.2, 0) is 6.42 Å². The monoisotopic (exact) mass is 270 g/mol. The van der Waals surface area contributed by atoms with Crippen LogP contribution in [0, 0.1) is 13.8 Å². The summed E-state index contributed by atoms with van der Waals surface area (Å²) in [6.45, 7) is 4.43. The maximum absolute atomic E-state index is 2.29. The van der Waals surface area contributed by atoms with Gasteiger partial charge in [-0.3, -0.25) is 0 Å². The Morgan fingerprint density at radius 2 is 1.33 bits per heavy atom. The molecule has 0 unspecified atom stereocenters. The fourth-order valence-electron chi connectivity index (χ4n) is 3.56. The lowest BCUT2D eigenvalue weighted by Gasteiger charge is -2.14. The first-order valence-electron chi connectivity index (χ1n) is 7.52. The minimum atomic E-state index is 1.05. The fourth-order valence-corrected chi connectivity index (χ4v) is 3.56. The molecular formula is C21H18. The maximum atomic E-state index is 2.29. The van der Waals surface area contributed by atoms with Crippen LogP contribution in [0.1, 0.15) is 22.3 Å². The van der Waals surface area contributed by atoms with Gasteiger partial charge in [0.25, 0.3) is 0 Å². The van der Waals surface area contributed by atoms with Crippen LogP contribution in [0.3, 0.4) is 0 Å². The van der Waals surface area contributed by atoms with Crippen molar-refractivity contribution in [1.29, 1.82) is 0 Å². The van der Waals surface area contributed by atoms with E-state index in [0.29, 0.717) is 0 Å². The molecule has 3 aromatic carbocycles. The lowest BCUT2D eigenvalue weighted by molar-refractivity contribution is 1.24. The molecule has 0 radical (unpaired) electrons. The molecule has 0 heterocycles. The Balaban J connectivity index is 2.01. The molecule has 0 saturated heterocycles. The largest absolute Gasteiger partial charge is 0.0620 e. The summed E-state index contributed by atoms with van der Waals surface area (Å²) in [5, 5.41) is 0. The lowest BCUT2D eigenvalue weighted by atomic mass is 9.89. The van der Waals surface area contributed by atoms with E-state index in [0.717, 1.165) is 6.42 Å². The Kier molecular flexibility index (Phi) is 2.71. The zero-order valence-electron chi connectivity index (χ0n) is 12.5. The molecule has 3 aromatic rings. The normalized spacial score (nSPS) is 12.1. The van der Waals surface area contributed by atoms with Crippen LogP contribution < -0.4 is 0 Å². The van der Waals surface area contributed by atoms with Crippen molar-refractivity contribution >= 4 is 0 Å². The first kappa shape index (κ1) is 12.4. The highest BCUT2D eigenvalue weighted by atomic mass is 14.3. The van der Waals surface area contributed by atoms with E-state index in [9.17, 15) is 0 Å². The Hall–Kier alpha value is -2.34. The lowest BCUT2D eigenvalue weighted by Crippen LogP contribution is -1.93. The van der Waals surface area contributed by atoms with Gasteiger partial charge in [-0.15, -0.1) is 0 Å². The molecule has 0 heteroatoms. The smallest absolute Gasteiger partial charge is 0.000718 e. The Labute approximate surface area is 126 Å². The fraction of sp³-hybridized carbons (Fsp3) is 0.143. The van der Waals surface area contributed by atoms with E-state index in [1.54, 1.807) is 0 Å². The molecule has 0 N–H and O–H groups in total. The number of aryl methyl sites for hydroxylation is 2. The molecule has 102 valence electrons. The molecule has 21 heavy (non-hydrogen) atoms. The molecule has 0 saturated carbocycles. The third-order valence-electron chi connectivity index (χ3n) is 4.61. The number of benzene rings is 3. The van der Waals surface area contributed by atoms with Gasteiger partial charge in [-0.1, -0.05) is 60.7 Å². The highest BCUT2D eigenvalue weighted by Crippen LogP contribution is 2.43. The quantitative estimate of drug-likeness (QED) is 0.426. The van der Waals surface area contributed by atoms with Gasteiger partial charge < -0.3 is 0 Å². The molecule has 0 spiro atoms. The second-order valence-electron chi connectivity index (χ2n) is 5.93. The van der Waals surface area contributed by atoms with Gasteiger partial charge in [0.05, 0.1) is 0 Å². The molecular weight excluding hydrogens is 252 g/mol. The van der Waals surface area contributed by atoms with Crippen LogP contribution >= 0.6 is 0 Å². The van der Waals surface area contributed by atoms with Crippen LogP contribution in [0.4, 0.5) is 0 Å². The number of hydrogen-bond donors (Lipinski definition) is 0. The molecule has 4 rings (SSSR count). The Morgan fingerprint density at radius 3 is 2.14 bits per heavy atom. The second-order valence-corrected chi connectivity index (χ2v) is 5.93. The standard InChI is InChI=1S/C21H18/c1-14-7-3-5-9-17(14)21-15(2)11-12-19-18-10-6-4-8-16(18)13-20(19)21/h3-12H,13H2,1-2H3. The van der Waals surface area contributed by atoms with E-state index in [1.165, 1.54) is 44.5 Å². The Morgan fingerprint density at radius 1 is 0.619 bits per heavy atom. The summed E-state index contributed by atoms with van der Waals surface area (Å²) in [6, 6.07) is 22.1. The zero-order valence-corrected chi connectivity index (χ0v) is 12.5. The van der Waals surface area contributed by atoms with Crippen molar-refractivity contribution < 1.29 is 0 Å². The molecule has 0 fully saturated rings. The summed E-state index contributed by atoms with van der Waals surface area (Å²) >= 11 is 0. The molecule has 1 aliphatic carbocycles. The molecule has 0 aromatic heterocycles. The van der Waals surface area contributed by atoms with Gasteiger partial charge in [0.1, 0.15) is 0 Å². The number of hydrogen-bond acceptors (Lipinski definition) is 0. The molecule has 0 atom stereocenters. The molecule has 1 aliphatic rings. The highest BCUT2D eigenvalue weighted by Gasteiger charge is 2.22. The first-order valence-corrected chi connectivity index (χ1v) is 7.52. The van der Waals surface area contributed by atoms with E-state index >= 15 is 0 Å². The SMILES string of the molecule is Cc1ccccc1-c1c(C)ccc2c1Cc1ccccc1-2. The summed E-state index contributed by atoms with van der Waals surface area (Å²) in [5.74, 6) is 0. The minimum Gasteiger partial charge on any atom is -0.0620 e. The third-order valence-corrected chi connectivity index (χ3v) is 4.61. The van der Waals surface area contributed by atoms with Crippen LogP contribution in [-0.4, -0.2) is 0 Å². The van der Waals surface area contributed by atoms with E-state index < -0.39 is 0 Å². The topological polar surface area (TPSA) is 0 Å². The van der Waals surface area contributed by atoms with E-state index in [4.69, 9.17) is 0 Å². The van der Waals surface area contributed by atoms with Gasteiger partial charge in [-0.2, -0.15) is 0 Å². The molecule has 0 aliphatic heterocycles. The van der Waals surface area contributed by atoms with Crippen molar-refractivity contribution in [1.82, 2.24) is 0 Å². The van der Waals surface area contributed by atoms with Crippen LogP contribution in [0.2, 0.25) is 0 Å². The van der Waals surface area contributed by atoms with Gasteiger partial charge in [0.15, 0.2) is 0 Å². The molecule has 0 nitrogen and oxygen atoms in total. The van der Waals surface area contributed by atoms with Crippen molar-refractivity contribution in [3.05, 3.63) is 82.9 Å². The maximum Gasteiger partial charge on any atom is -0.000718 e. The number of rotatable bonds is 1. The average Bonchev–Trinajstić information content (AvgIpc) is 2.87. The summed E-state index contributed by atoms with van der Waals surface area (Å²) < 4.78 is 0. The Bertz CT molecular complexity index is 840. The van der Waals surface area contributed by atoms with E-state index in [-0.39, 0.29) is 0 Å². The van der Waals surface area contributed by atoms with Crippen molar-refractivity contribution in [3.8, 4) is 22.3 Å². The van der Waals surface area contributed by atoms with Gasteiger partial charge in [0.2, 0.25) is 0 Å². The summed E-state index contributed by atoms with van der Waals surface area (Å²) in [6.07, 6.45) is 1.05. The van der Waals surface area contributed by atoms with Gasteiger partial charge in [0, 0.05) is 0 Å². The van der Waals surface area contributed by atoms with Crippen molar-refractivity contribution in [2.75, 3.05) is 0 Å². The average molecular weight is 270 g/mol. The van der Waals surface area contributed by atoms with Crippen LogP contribution in [0.15, 0.2) is 60.7 Å². The minimum absolute atomic E-state index is 1.05. The van der Waals surface area contributed by atoms with Crippen molar-refractivity contribution in [2.24, 2.45) is 0 Å². The second kappa shape index (κ2) is 4.60. The van der Waals surface area contributed by atoms with Gasteiger partial charge in [-0.25, -0.2) is 0 Å². The number of fused-ring (bicyclic) bond motifs is 3. The summed E-state index contributed by atoms with van der Waals surface area (Å²) in [7, 11) is 0. The molecule has 0 amide bonds. The summed E-state index contributed by atoms with van der Waals surface area (Å²) in [4.78, 5) is 0. The van der Waals surface area contributed by atoms with Crippen molar-refractivity contribution in [2.45, 2.75) is 20.3 Å². The predicted molar refractivity (Wildman–Crippen MR) is 89.6 cm³/mol. The van der Waals surface area contributed by atoms with Crippen LogP contribution in [0.25, 0.3) is 22.3 Å². The predicted octanol–water partition coefficient (Wildman–Crippen LogP) is 5.54. The van der Waals surface area contributed by atoms with E-state index in [2.05, 4.69) is 74.5 Å². The summed E-state index contributed by atoms with van der Waals surface area (Å²) in [5.41, 5.74) is 11.3. The molecule has 0 bridgehead atoms.